The Morgan fingerprint density at radius 3 is 2.82 bits per heavy atom. The zero-order chi connectivity index (χ0) is 12.6. The first-order chi connectivity index (χ1) is 7.97. The number of carbonyl (C=O) groups is 1. The Labute approximate surface area is 105 Å². The van der Waals surface area contributed by atoms with Gasteiger partial charge in [-0.1, -0.05) is 11.6 Å². The van der Waals surface area contributed by atoms with Crippen molar-refractivity contribution in [2.75, 3.05) is 7.11 Å². The molecule has 1 aliphatic carbocycles. The molecule has 0 bridgehead atoms. The zero-order valence-electron chi connectivity index (χ0n) is 9.94. The maximum Gasteiger partial charge on any atom is 0.328 e. The number of methoxy groups -OCH3 is 1. The second kappa shape index (κ2) is 4.31. The van der Waals surface area contributed by atoms with Crippen LogP contribution in [0.2, 0.25) is 5.02 Å². The van der Waals surface area contributed by atoms with Crippen LogP contribution in [0.5, 0.6) is 0 Å². The summed E-state index contributed by atoms with van der Waals surface area (Å²) in [7, 11) is 1.35. The number of nitrogens with two attached hydrogens (primary N) is 1. The molecule has 2 N–H and O–H groups in total. The van der Waals surface area contributed by atoms with Crippen molar-refractivity contribution >= 4 is 17.6 Å². The average molecular weight is 258 g/mol. The van der Waals surface area contributed by atoms with E-state index >= 15 is 0 Å². The van der Waals surface area contributed by atoms with E-state index in [-0.39, 0.29) is 11.9 Å². The fraction of sp³-hybridized carbons (Fsp3) is 0.636. The van der Waals surface area contributed by atoms with Crippen molar-refractivity contribution in [3.8, 4) is 0 Å². The lowest BCUT2D eigenvalue weighted by molar-refractivity contribution is -0.148. The fourth-order valence-corrected chi connectivity index (χ4v) is 2.14. The number of aromatic nitrogens is 2. The van der Waals surface area contributed by atoms with Crippen LogP contribution < -0.4 is 5.73 Å². The number of carbonyl (C=O) groups excluding carboxylic acids is 1. The van der Waals surface area contributed by atoms with Crippen LogP contribution in [0.3, 0.4) is 0 Å². The third-order valence-electron chi connectivity index (χ3n) is 3.18. The summed E-state index contributed by atoms with van der Waals surface area (Å²) in [5.41, 5.74) is 5.91. The van der Waals surface area contributed by atoms with E-state index in [1.165, 1.54) is 7.11 Å². The van der Waals surface area contributed by atoms with Crippen LogP contribution in [0.1, 0.15) is 18.5 Å². The number of rotatable bonds is 4. The summed E-state index contributed by atoms with van der Waals surface area (Å²) in [6.07, 6.45) is 3.60. The quantitative estimate of drug-likeness (QED) is 0.821. The molecular weight excluding hydrogens is 242 g/mol. The van der Waals surface area contributed by atoms with Crippen molar-refractivity contribution in [2.45, 2.75) is 31.8 Å². The number of halogens is 1. The second-order valence-electron chi connectivity index (χ2n) is 4.57. The van der Waals surface area contributed by atoms with E-state index in [4.69, 9.17) is 22.1 Å². The summed E-state index contributed by atoms with van der Waals surface area (Å²) in [6.45, 7) is 2.12. The number of aryl methyl sites for hydroxylation is 1. The van der Waals surface area contributed by atoms with Crippen LogP contribution in [0.25, 0.3) is 0 Å². The van der Waals surface area contributed by atoms with Crippen LogP contribution >= 0.6 is 11.6 Å². The Hall–Kier alpha value is -1.07. The van der Waals surface area contributed by atoms with Gasteiger partial charge in [0, 0.05) is 6.20 Å². The third-order valence-corrected chi connectivity index (χ3v) is 3.55. The highest BCUT2D eigenvalue weighted by Crippen LogP contribution is 2.39. The highest BCUT2D eigenvalue weighted by Gasteiger charge is 2.49. The van der Waals surface area contributed by atoms with E-state index in [0.717, 1.165) is 18.5 Å². The largest absolute Gasteiger partial charge is 0.468 e. The molecule has 0 aliphatic heterocycles. The van der Waals surface area contributed by atoms with Crippen LogP contribution in [0.4, 0.5) is 0 Å². The number of hydrogen-bond acceptors (Lipinski definition) is 4. The molecular formula is C11H16ClN3O2. The van der Waals surface area contributed by atoms with Crippen LogP contribution in [-0.2, 0) is 16.1 Å². The van der Waals surface area contributed by atoms with Crippen molar-refractivity contribution in [3.63, 3.8) is 0 Å². The van der Waals surface area contributed by atoms with Gasteiger partial charge in [0.05, 0.1) is 24.4 Å². The van der Waals surface area contributed by atoms with Crippen molar-refractivity contribution in [2.24, 2.45) is 11.7 Å². The molecule has 1 aromatic heterocycles. The minimum Gasteiger partial charge on any atom is -0.468 e. The summed E-state index contributed by atoms with van der Waals surface area (Å²) in [5.74, 6) is -0.206. The maximum atomic E-state index is 11.8. The normalized spacial score (nSPS) is 18.8. The number of hydrogen-bond donors (Lipinski definition) is 1. The summed E-state index contributed by atoms with van der Waals surface area (Å²) in [4.78, 5) is 11.8. The SMILES string of the molecule is COC(=O)C(N)(Cn1cc(Cl)c(C)n1)C1CC1. The van der Waals surface area contributed by atoms with Gasteiger partial charge >= 0.3 is 5.97 Å². The Morgan fingerprint density at radius 1 is 1.76 bits per heavy atom. The lowest BCUT2D eigenvalue weighted by Crippen LogP contribution is -2.54. The predicted octanol–water partition coefficient (Wildman–Crippen LogP) is 1.13. The van der Waals surface area contributed by atoms with Crippen molar-refractivity contribution in [1.82, 2.24) is 9.78 Å². The molecule has 1 atom stereocenters. The topological polar surface area (TPSA) is 70.1 Å². The maximum absolute atomic E-state index is 11.8. The Morgan fingerprint density at radius 2 is 2.41 bits per heavy atom. The van der Waals surface area contributed by atoms with Crippen molar-refractivity contribution in [3.05, 3.63) is 16.9 Å². The molecule has 1 heterocycles. The van der Waals surface area contributed by atoms with E-state index in [9.17, 15) is 4.79 Å². The minimum absolute atomic E-state index is 0.179. The van der Waals surface area contributed by atoms with E-state index in [0.29, 0.717) is 11.6 Å². The fourth-order valence-electron chi connectivity index (χ4n) is 1.99. The minimum atomic E-state index is -0.990. The Balaban J connectivity index is 2.20. The van der Waals surface area contributed by atoms with E-state index in [1.54, 1.807) is 10.9 Å². The molecule has 0 radical (unpaired) electrons. The van der Waals surface area contributed by atoms with Gasteiger partial charge in [0.25, 0.3) is 0 Å². The smallest absolute Gasteiger partial charge is 0.328 e. The molecule has 0 aromatic carbocycles. The number of ether oxygens (including phenoxy) is 1. The molecule has 1 aliphatic rings. The van der Waals surface area contributed by atoms with Gasteiger partial charge in [-0.05, 0) is 25.7 Å². The molecule has 5 nitrogen and oxygen atoms in total. The highest BCUT2D eigenvalue weighted by atomic mass is 35.5. The van der Waals surface area contributed by atoms with Gasteiger partial charge in [0.1, 0.15) is 5.54 Å². The van der Waals surface area contributed by atoms with Crippen LogP contribution in [-0.4, -0.2) is 28.4 Å². The predicted molar refractivity (Wildman–Crippen MR) is 63.6 cm³/mol. The van der Waals surface area contributed by atoms with Gasteiger partial charge in [-0.15, -0.1) is 0 Å². The molecule has 1 fully saturated rings. The van der Waals surface area contributed by atoms with Crippen molar-refractivity contribution < 1.29 is 9.53 Å². The summed E-state index contributed by atoms with van der Waals surface area (Å²) in [6, 6.07) is 0. The number of nitrogens with zero attached hydrogens (tertiary/aromatic N) is 2. The molecule has 0 saturated heterocycles. The molecule has 1 unspecified atom stereocenters. The zero-order valence-corrected chi connectivity index (χ0v) is 10.7. The second-order valence-corrected chi connectivity index (χ2v) is 4.97. The summed E-state index contributed by atoms with van der Waals surface area (Å²) in [5, 5.41) is 4.80. The first kappa shape index (κ1) is 12.4. The van der Waals surface area contributed by atoms with Gasteiger partial charge in [-0.25, -0.2) is 4.79 Å². The first-order valence-electron chi connectivity index (χ1n) is 5.54. The van der Waals surface area contributed by atoms with Crippen LogP contribution in [0.15, 0.2) is 6.20 Å². The molecule has 2 rings (SSSR count). The van der Waals surface area contributed by atoms with E-state index in [1.807, 2.05) is 6.92 Å². The lowest BCUT2D eigenvalue weighted by Gasteiger charge is -2.26. The highest BCUT2D eigenvalue weighted by molar-refractivity contribution is 6.31. The molecule has 0 spiro atoms. The molecule has 0 amide bonds. The monoisotopic (exact) mass is 257 g/mol. The summed E-state index contributed by atoms with van der Waals surface area (Å²) >= 11 is 5.93. The standard InChI is InChI=1S/C11H16ClN3O2/c1-7-9(12)5-15(14-7)6-11(13,8-3-4-8)10(16)17-2/h5,8H,3-4,6,13H2,1-2H3. The first-order valence-corrected chi connectivity index (χ1v) is 5.92. The Kier molecular flexibility index (Phi) is 3.14. The van der Waals surface area contributed by atoms with E-state index < -0.39 is 5.54 Å². The van der Waals surface area contributed by atoms with Gasteiger partial charge in [-0.2, -0.15) is 5.10 Å². The average Bonchev–Trinajstić information content (AvgIpc) is 3.07. The molecule has 17 heavy (non-hydrogen) atoms. The third kappa shape index (κ3) is 2.30. The summed E-state index contributed by atoms with van der Waals surface area (Å²) < 4.78 is 6.41. The molecule has 6 heteroatoms. The van der Waals surface area contributed by atoms with Crippen LogP contribution in [0, 0.1) is 12.8 Å². The van der Waals surface area contributed by atoms with Gasteiger partial charge in [0.2, 0.25) is 0 Å². The van der Waals surface area contributed by atoms with Crippen molar-refractivity contribution in [1.29, 1.82) is 0 Å². The van der Waals surface area contributed by atoms with Gasteiger partial charge in [0.15, 0.2) is 0 Å². The lowest BCUT2D eigenvalue weighted by atomic mass is 9.94. The molecule has 1 saturated carbocycles. The Bertz CT molecular complexity index is 422. The molecule has 94 valence electrons. The van der Waals surface area contributed by atoms with Gasteiger partial charge in [-0.3, -0.25) is 4.68 Å². The molecule has 1 aromatic rings. The number of esters is 1. The van der Waals surface area contributed by atoms with E-state index in [2.05, 4.69) is 5.10 Å². The van der Waals surface area contributed by atoms with Gasteiger partial charge < -0.3 is 10.5 Å².